The molecular weight excluding hydrogens is 408 g/mol. The third-order valence-electron chi connectivity index (χ3n) is 6.68. The Hall–Kier alpha value is -2.29. The van der Waals surface area contributed by atoms with E-state index in [2.05, 4.69) is 20.0 Å². The first-order chi connectivity index (χ1) is 15.7. The quantitative estimate of drug-likeness (QED) is 0.637. The van der Waals surface area contributed by atoms with Gasteiger partial charge in [0.05, 0.1) is 46.4 Å². The van der Waals surface area contributed by atoms with Crippen molar-refractivity contribution >= 4 is 0 Å². The van der Waals surface area contributed by atoms with Crippen LogP contribution in [0.5, 0.6) is 17.2 Å². The van der Waals surface area contributed by atoms with Crippen molar-refractivity contribution in [2.45, 2.75) is 38.3 Å². The van der Waals surface area contributed by atoms with E-state index in [0.29, 0.717) is 23.3 Å². The highest BCUT2D eigenvalue weighted by atomic mass is 16.5. The molecule has 2 saturated heterocycles. The van der Waals surface area contributed by atoms with Crippen LogP contribution >= 0.6 is 0 Å². The number of piperidine rings is 1. The molecule has 4 rings (SSSR count). The zero-order valence-electron chi connectivity index (χ0n) is 19.6. The van der Waals surface area contributed by atoms with Crippen molar-refractivity contribution < 1.29 is 18.9 Å². The first kappa shape index (κ1) is 22.9. The highest BCUT2D eigenvalue weighted by Crippen LogP contribution is 2.41. The van der Waals surface area contributed by atoms with E-state index in [1.807, 2.05) is 18.3 Å². The molecule has 1 aromatic heterocycles. The van der Waals surface area contributed by atoms with E-state index in [4.69, 9.17) is 18.9 Å². The number of H-pyrrole nitrogens is 1. The average molecular weight is 445 g/mol. The summed E-state index contributed by atoms with van der Waals surface area (Å²) in [6.45, 7) is 7.00. The van der Waals surface area contributed by atoms with Crippen LogP contribution < -0.4 is 14.2 Å². The van der Waals surface area contributed by atoms with Crippen molar-refractivity contribution in [3.8, 4) is 28.5 Å². The maximum Gasteiger partial charge on any atom is 0.203 e. The molecule has 1 aromatic carbocycles. The number of nitrogens with zero attached hydrogens (tertiary/aromatic N) is 3. The van der Waals surface area contributed by atoms with Crippen LogP contribution in [-0.4, -0.2) is 86.8 Å². The van der Waals surface area contributed by atoms with E-state index in [9.17, 15) is 0 Å². The van der Waals surface area contributed by atoms with Gasteiger partial charge in [-0.1, -0.05) is 6.42 Å². The predicted octanol–water partition coefficient (Wildman–Crippen LogP) is 3.18. The van der Waals surface area contributed by atoms with Crippen molar-refractivity contribution in [2.24, 2.45) is 0 Å². The minimum Gasteiger partial charge on any atom is -0.493 e. The van der Waals surface area contributed by atoms with Gasteiger partial charge in [0.2, 0.25) is 5.75 Å². The topological polar surface area (TPSA) is 72.1 Å². The molecule has 8 heteroatoms. The molecule has 2 aliphatic heterocycles. The Bertz CT molecular complexity index is 840. The predicted molar refractivity (Wildman–Crippen MR) is 124 cm³/mol. The number of benzene rings is 1. The van der Waals surface area contributed by atoms with Crippen molar-refractivity contribution in [1.82, 2.24) is 20.0 Å². The number of hydrogen-bond donors (Lipinski definition) is 1. The summed E-state index contributed by atoms with van der Waals surface area (Å²) in [5.41, 5.74) is 3.17. The number of nitrogens with one attached hydrogen (secondary N) is 1. The highest BCUT2D eigenvalue weighted by molar-refractivity contribution is 5.70. The number of morpholine rings is 1. The molecule has 0 unspecified atom stereocenters. The number of methoxy groups -OCH3 is 3. The molecule has 1 N–H and O–H groups in total. The monoisotopic (exact) mass is 444 g/mol. The third-order valence-corrected chi connectivity index (χ3v) is 6.68. The van der Waals surface area contributed by atoms with E-state index >= 15 is 0 Å². The molecule has 8 nitrogen and oxygen atoms in total. The summed E-state index contributed by atoms with van der Waals surface area (Å²) in [4.78, 5) is 5.17. The van der Waals surface area contributed by atoms with Crippen LogP contribution in [0.1, 0.15) is 31.2 Å². The van der Waals surface area contributed by atoms with Gasteiger partial charge in [0.25, 0.3) is 0 Å². The van der Waals surface area contributed by atoms with Crippen LogP contribution in [0.3, 0.4) is 0 Å². The smallest absolute Gasteiger partial charge is 0.203 e. The van der Waals surface area contributed by atoms with Gasteiger partial charge in [0.1, 0.15) is 0 Å². The fourth-order valence-corrected chi connectivity index (χ4v) is 4.88. The van der Waals surface area contributed by atoms with Gasteiger partial charge in [-0.25, -0.2) is 0 Å². The lowest BCUT2D eigenvalue weighted by Crippen LogP contribution is -2.43. The van der Waals surface area contributed by atoms with Gasteiger partial charge in [0, 0.05) is 36.8 Å². The fraction of sp³-hybridized carbons (Fsp3) is 0.625. The van der Waals surface area contributed by atoms with Gasteiger partial charge < -0.3 is 18.9 Å². The number of ether oxygens (including phenoxy) is 4. The fourth-order valence-electron chi connectivity index (χ4n) is 4.88. The van der Waals surface area contributed by atoms with E-state index in [-0.39, 0.29) is 0 Å². The van der Waals surface area contributed by atoms with Crippen molar-refractivity contribution in [1.29, 1.82) is 0 Å². The van der Waals surface area contributed by atoms with Gasteiger partial charge in [0.15, 0.2) is 11.5 Å². The lowest BCUT2D eigenvalue weighted by molar-refractivity contribution is 0.0302. The SMILES string of the molecule is COc1cc(-c2[nH]ncc2CN2CCCC[C@@H]2CCN2CCOCC2)cc(OC)c1OC. The highest BCUT2D eigenvalue weighted by Gasteiger charge is 2.25. The minimum atomic E-state index is 0.596. The molecule has 3 heterocycles. The molecule has 0 amide bonds. The molecule has 0 aliphatic carbocycles. The van der Waals surface area contributed by atoms with Crippen LogP contribution in [0.4, 0.5) is 0 Å². The number of aromatic nitrogens is 2. The van der Waals surface area contributed by atoms with E-state index in [1.165, 1.54) is 31.2 Å². The largest absolute Gasteiger partial charge is 0.493 e. The van der Waals surface area contributed by atoms with E-state index in [0.717, 1.165) is 57.2 Å². The molecule has 176 valence electrons. The maximum atomic E-state index is 5.55. The van der Waals surface area contributed by atoms with Gasteiger partial charge >= 0.3 is 0 Å². The molecule has 0 radical (unpaired) electrons. The first-order valence-corrected chi connectivity index (χ1v) is 11.6. The molecule has 1 atom stereocenters. The third kappa shape index (κ3) is 5.19. The van der Waals surface area contributed by atoms with Crippen molar-refractivity contribution in [2.75, 3.05) is 60.7 Å². The minimum absolute atomic E-state index is 0.596. The van der Waals surface area contributed by atoms with Crippen LogP contribution in [0.25, 0.3) is 11.3 Å². The zero-order valence-corrected chi connectivity index (χ0v) is 19.6. The first-order valence-electron chi connectivity index (χ1n) is 11.6. The second-order valence-electron chi connectivity index (χ2n) is 8.55. The molecular formula is C24H36N4O4. The molecule has 2 aromatic rings. The summed E-state index contributed by atoms with van der Waals surface area (Å²) >= 11 is 0. The van der Waals surface area contributed by atoms with Gasteiger partial charge in [-0.15, -0.1) is 0 Å². The molecule has 0 bridgehead atoms. The van der Waals surface area contributed by atoms with Crippen molar-refractivity contribution in [3.63, 3.8) is 0 Å². The van der Waals surface area contributed by atoms with Crippen LogP contribution in [-0.2, 0) is 11.3 Å². The molecule has 0 saturated carbocycles. The Morgan fingerprint density at radius 2 is 1.78 bits per heavy atom. The normalized spacial score (nSPS) is 20.3. The van der Waals surface area contributed by atoms with Crippen LogP contribution in [0.15, 0.2) is 18.3 Å². The Morgan fingerprint density at radius 3 is 2.47 bits per heavy atom. The summed E-state index contributed by atoms with van der Waals surface area (Å²) in [5.74, 6) is 1.88. The van der Waals surface area contributed by atoms with E-state index < -0.39 is 0 Å². The summed E-state index contributed by atoms with van der Waals surface area (Å²) in [5, 5.41) is 7.57. The van der Waals surface area contributed by atoms with Gasteiger partial charge in [-0.05, 0) is 44.5 Å². The number of hydrogen-bond acceptors (Lipinski definition) is 7. The van der Waals surface area contributed by atoms with Gasteiger partial charge in [-0.3, -0.25) is 14.9 Å². The second-order valence-corrected chi connectivity index (χ2v) is 8.55. The lowest BCUT2D eigenvalue weighted by atomic mass is 9.97. The Labute approximate surface area is 190 Å². The maximum absolute atomic E-state index is 5.55. The summed E-state index contributed by atoms with van der Waals surface area (Å²) in [6, 6.07) is 4.56. The zero-order chi connectivity index (χ0) is 22.3. The molecule has 2 fully saturated rings. The second kappa shape index (κ2) is 11.0. The number of aromatic amines is 1. The standard InChI is InChI=1S/C24H36N4O4/c1-29-21-14-18(15-22(30-2)24(21)31-3)23-19(16-25-26-23)17-28-8-5-4-6-20(28)7-9-27-10-12-32-13-11-27/h14-16,20H,4-13,17H2,1-3H3,(H,25,26)/t20-/m1/s1. The average Bonchev–Trinajstić information content (AvgIpc) is 3.31. The lowest BCUT2D eigenvalue weighted by Gasteiger charge is -2.37. The van der Waals surface area contributed by atoms with E-state index in [1.54, 1.807) is 21.3 Å². The number of likely N-dealkylation sites (tertiary alicyclic amines) is 1. The molecule has 2 aliphatic rings. The number of rotatable bonds is 9. The van der Waals surface area contributed by atoms with Gasteiger partial charge in [-0.2, -0.15) is 5.10 Å². The van der Waals surface area contributed by atoms with Crippen LogP contribution in [0.2, 0.25) is 0 Å². The van der Waals surface area contributed by atoms with Crippen molar-refractivity contribution in [3.05, 3.63) is 23.9 Å². The molecule has 0 spiro atoms. The summed E-state index contributed by atoms with van der Waals surface area (Å²) in [6.07, 6.45) is 6.99. The Balaban J connectivity index is 1.50. The summed E-state index contributed by atoms with van der Waals surface area (Å²) in [7, 11) is 4.90. The Morgan fingerprint density at radius 1 is 1.03 bits per heavy atom. The summed E-state index contributed by atoms with van der Waals surface area (Å²) < 4.78 is 22.1. The molecule has 32 heavy (non-hydrogen) atoms. The van der Waals surface area contributed by atoms with Crippen LogP contribution in [0, 0.1) is 0 Å². The Kier molecular flexibility index (Phi) is 7.89.